The zero-order valence-corrected chi connectivity index (χ0v) is 63.9. The summed E-state index contributed by atoms with van der Waals surface area (Å²) in [6.45, 7) is 9.85. The summed E-state index contributed by atoms with van der Waals surface area (Å²) in [5.41, 5.74) is 10.2. The van der Waals surface area contributed by atoms with Gasteiger partial charge in [0.15, 0.2) is 46.2 Å². The molecule has 0 fully saturated rings. The van der Waals surface area contributed by atoms with Crippen LogP contribution >= 0.6 is 0 Å². The Morgan fingerprint density at radius 1 is 0.299 bits per heavy atom. The van der Waals surface area contributed by atoms with E-state index in [0.29, 0.717) is 92.4 Å². The average Bonchev–Trinajstić information content (AvgIpc) is 0.866. The molecule has 117 heavy (non-hydrogen) atoms. The summed E-state index contributed by atoms with van der Waals surface area (Å²) in [7, 11) is 0. The van der Waals surface area contributed by atoms with Crippen LogP contribution in [-0.2, 0) is 38.5 Å². The Kier molecular flexibility index (Phi) is 30.1. The molecule has 15 aromatic rings. The van der Waals surface area contributed by atoms with Crippen molar-refractivity contribution in [2.75, 3.05) is 0 Å². The van der Waals surface area contributed by atoms with Crippen LogP contribution in [0, 0.1) is 33.5 Å². The highest BCUT2D eigenvalue weighted by Gasteiger charge is 2.18. The number of benzene rings is 1. The first-order valence-corrected chi connectivity index (χ1v) is 36.3. The largest absolute Gasteiger partial charge is 0.456 e. The van der Waals surface area contributed by atoms with Crippen molar-refractivity contribution in [3.8, 4) is 57.5 Å². The van der Waals surface area contributed by atoms with Crippen LogP contribution in [0.15, 0.2) is 288 Å². The van der Waals surface area contributed by atoms with Crippen LogP contribution in [0.1, 0.15) is 116 Å². The topological polar surface area (TPSA) is 351 Å². The number of ether oxygens (including phenoxy) is 5. The summed E-state index contributed by atoms with van der Waals surface area (Å²) in [5.74, 6) is 4.19. The van der Waals surface area contributed by atoms with Crippen molar-refractivity contribution in [2.24, 2.45) is 0 Å². The van der Waals surface area contributed by atoms with Gasteiger partial charge in [-0.15, -0.1) is 0 Å². The van der Waals surface area contributed by atoms with Crippen molar-refractivity contribution in [3.63, 3.8) is 0 Å². The van der Waals surface area contributed by atoms with E-state index in [9.17, 15) is 28.4 Å². The van der Waals surface area contributed by atoms with Crippen LogP contribution in [-0.4, -0.2) is 114 Å². The number of aryl methyl sites for hydroxylation is 5. The second kappa shape index (κ2) is 42.7. The van der Waals surface area contributed by atoms with Crippen molar-refractivity contribution in [1.82, 2.24) is 84.7 Å². The van der Waals surface area contributed by atoms with Crippen LogP contribution in [0.25, 0.3) is 0 Å². The number of hydrogen-bond acceptors (Lipinski definition) is 27. The maximum Gasteiger partial charge on any atom is 0.187 e. The molecule has 14 aromatic heterocycles. The molecule has 0 N–H and O–H groups in total. The molecule has 0 saturated heterocycles. The van der Waals surface area contributed by atoms with E-state index in [1.807, 2.05) is 113 Å². The molecule has 0 aliphatic carbocycles. The van der Waals surface area contributed by atoms with Crippen molar-refractivity contribution < 1.29 is 52.0 Å². The predicted molar refractivity (Wildman–Crippen MR) is 428 cm³/mol. The molecule has 27 nitrogen and oxygen atoms in total. The standard InChI is InChI=1S/C19H17N3O2.C19H16N2O2.C18H16N4O2.C17H14N4O2.C16H11FN4O2/c1-2-14-5-3-6-15(22-14)11-19(23)18-12-16(8-10-21-18)24-17-7-4-9-20-13-17;1-14-4-2-5-15(10-14)11-19(22)18-12-16(7-9-21-18)23-17-6-3-8-20-13-17;1-12-3-4-14(22-13(12)2)7-18(23)17-8-15(5-6-21-17)24-16-9-19-11-20-10-16;1-12-3-2-4-13(21-12)7-17(22)16-8-14(5-6-20-16)23-15-9-18-11-19-10-15;17-11-1-3-20-12(5-11)6-16(22)15-7-13(2-4-21-15)23-14-8-18-10-19-9-14/h3-10,12-13H,2,11H2,1H3;2-10,12-13H,11H2,1H3;3-6,8-11H,7H2,1-2H3;2-6,8-11H,7H2,1H3;1-5,7-10H,6H2. The first-order chi connectivity index (χ1) is 57.0. The van der Waals surface area contributed by atoms with Crippen molar-refractivity contribution in [3.05, 3.63) is 379 Å². The number of Topliss-reactive ketones (excluding diaryl/α,β-unsaturated/α-hetero) is 5. The zero-order chi connectivity index (χ0) is 81.9. The lowest BCUT2D eigenvalue weighted by molar-refractivity contribution is 0.0978. The second-order valence-electron chi connectivity index (χ2n) is 25.4. The molecule has 0 radical (unpaired) electrons. The highest BCUT2D eigenvalue weighted by molar-refractivity contribution is 5.98. The van der Waals surface area contributed by atoms with Gasteiger partial charge >= 0.3 is 0 Å². The Labute approximate surface area is 671 Å². The summed E-state index contributed by atoms with van der Waals surface area (Å²) < 4.78 is 41.3. The van der Waals surface area contributed by atoms with Crippen molar-refractivity contribution in [2.45, 2.75) is 73.1 Å². The minimum Gasteiger partial charge on any atom is -0.456 e. The van der Waals surface area contributed by atoms with Crippen molar-refractivity contribution in [1.29, 1.82) is 0 Å². The quantitative estimate of drug-likeness (QED) is 0.0454. The maximum absolute atomic E-state index is 13.1. The van der Waals surface area contributed by atoms with Crippen LogP contribution in [0.2, 0.25) is 0 Å². The molecule has 0 aliphatic heterocycles. The molecule has 0 amide bonds. The van der Waals surface area contributed by atoms with E-state index in [2.05, 4.69) is 84.7 Å². The molecule has 0 atom stereocenters. The van der Waals surface area contributed by atoms with Gasteiger partial charge in [-0.05, 0) is 142 Å². The number of aromatic nitrogens is 17. The number of pyridine rings is 11. The predicted octanol–water partition coefficient (Wildman–Crippen LogP) is 16.2. The third kappa shape index (κ3) is 27.1. The zero-order valence-electron chi connectivity index (χ0n) is 63.9. The third-order valence-corrected chi connectivity index (χ3v) is 16.3. The molecule has 28 heteroatoms. The molecule has 1 aromatic carbocycles. The Bertz CT molecular complexity index is 5480. The fraction of sp³-hybridized carbons (Fsp3) is 0.124. The lowest BCUT2D eigenvalue weighted by atomic mass is 10.0. The minimum absolute atomic E-state index is 0.0350. The third-order valence-electron chi connectivity index (χ3n) is 16.3. The number of rotatable bonds is 26. The van der Waals surface area contributed by atoms with Crippen LogP contribution < -0.4 is 23.7 Å². The monoisotopic (exact) mass is 1560 g/mol. The summed E-state index contributed by atoms with van der Waals surface area (Å²) in [6, 6.07) is 49.1. The van der Waals surface area contributed by atoms with Gasteiger partial charge in [0.1, 0.15) is 93.5 Å². The molecular formula is C89H74FN17O10. The lowest BCUT2D eigenvalue weighted by Gasteiger charge is -2.07. The maximum atomic E-state index is 13.1. The van der Waals surface area contributed by atoms with Gasteiger partial charge in [-0.25, -0.2) is 34.3 Å². The number of hydrogen-bond donors (Lipinski definition) is 0. The molecule has 0 bridgehead atoms. The number of carbonyl (C=O) groups is 5. The molecule has 0 saturated carbocycles. The van der Waals surface area contributed by atoms with Gasteiger partial charge in [0, 0.05) is 120 Å². The van der Waals surface area contributed by atoms with E-state index < -0.39 is 5.82 Å². The van der Waals surface area contributed by atoms with E-state index in [0.717, 1.165) is 57.3 Å². The number of carbonyl (C=O) groups excluding carboxylic acids is 5. The number of nitrogens with zero attached hydrogens (tertiary/aromatic N) is 17. The smallest absolute Gasteiger partial charge is 0.187 e. The molecule has 15 rings (SSSR count). The number of halogens is 1. The summed E-state index contributed by atoms with van der Waals surface area (Å²) in [4.78, 5) is 131. The molecule has 14 heterocycles. The van der Waals surface area contributed by atoms with Gasteiger partial charge in [0.2, 0.25) is 0 Å². The molecule has 582 valence electrons. The van der Waals surface area contributed by atoms with Gasteiger partial charge in [0.05, 0.1) is 81.0 Å². The minimum atomic E-state index is -0.433. The van der Waals surface area contributed by atoms with Gasteiger partial charge in [-0.3, -0.25) is 78.8 Å². The average molecular weight is 1560 g/mol. The van der Waals surface area contributed by atoms with E-state index in [-0.39, 0.29) is 60.3 Å². The Morgan fingerprint density at radius 3 is 1.06 bits per heavy atom. The van der Waals surface area contributed by atoms with E-state index in [4.69, 9.17) is 23.7 Å². The fourth-order valence-corrected chi connectivity index (χ4v) is 10.6. The second-order valence-corrected chi connectivity index (χ2v) is 25.4. The fourth-order valence-electron chi connectivity index (χ4n) is 10.6. The van der Waals surface area contributed by atoms with Gasteiger partial charge in [-0.2, -0.15) is 0 Å². The Morgan fingerprint density at radius 2 is 0.667 bits per heavy atom. The number of ketones is 5. The van der Waals surface area contributed by atoms with Crippen LogP contribution in [0.4, 0.5) is 4.39 Å². The summed E-state index contributed by atoms with van der Waals surface area (Å²) >= 11 is 0. The van der Waals surface area contributed by atoms with Gasteiger partial charge in [0.25, 0.3) is 0 Å². The first-order valence-electron chi connectivity index (χ1n) is 36.3. The summed E-state index contributed by atoms with van der Waals surface area (Å²) in [5, 5.41) is 0. The highest BCUT2D eigenvalue weighted by atomic mass is 19.1. The first kappa shape index (κ1) is 82.4. The van der Waals surface area contributed by atoms with Crippen molar-refractivity contribution >= 4 is 28.9 Å². The molecular weight excluding hydrogens is 1490 g/mol. The molecule has 0 unspecified atom stereocenters. The van der Waals surface area contributed by atoms with E-state index >= 15 is 0 Å². The van der Waals surface area contributed by atoms with Crippen LogP contribution in [0.5, 0.6) is 57.5 Å². The highest BCUT2D eigenvalue weighted by Crippen LogP contribution is 2.27. The Hall–Kier alpha value is -15.6. The van der Waals surface area contributed by atoms with E-state index in [1.54, 1.807) is 141 Å². The Balaban J connectivity index is 0.000000144. The molecule has 0 aliphatic rings. The SMILES string of the molecule is CCc1cccc(CC(=O)c2cc(Oc3cccnc3)ccn2)n1.Cc1ccc(CC(=O)c2cc(Oc3cncnc3)ccn2)nc1C.Cc1cccc(CC(=O)c2cc(Oc3cccnc3)ccn2)c1.Cc1cccc(CC(=O)c2cc(Oc3cncnc3)ccn2)n1.O=C(Cc1cc(F)ccn1)c1cc(Oc2cncnc2)ccn1. The van der Waals surface area contributed by atoms with Crippen LogP contribution in [0.3, 0.4) is 0 Å². The van der Waals surface area contributed by atoms with Gasteiger partial charge in [-0.1, -0.05) is 55.0 Å². The van der Waals surface area contributed by atoms with E-state index in [1.165, 1.54) is 68.2 Å². The normalized spacial score (nSPS) is 10.3. The summed E-state index contributed by atoms with van der Waals surface area (Å²) in [6.07, 6.45) is 30.8. The lowest BCUT2D eigenvalue weighted by Crippen LogP contribution is -2.08. The molecule has 0 spiro atoms. The van der Waals surface area contributed by atoms with Gasteiger partial charge < -0.3 is 23.7 Å².